The maximum absolute atomic E-state index is 4.40. The zero-order valence-corrected chi connectivity index (χ0v) is 10.8. The van der Waals surface area contributed by atoms with Gasteiger partial charge in [-0.3, -0.25) is 4.68 Å². The van der Waals surface area contributed by atoms with Gasteiger partial charge in [-0.1, -0.05) is 0 Å². The van der Waals surface area contributed by atoms with Crippen LogP contribution in [0.3, 0.4) is 0 Å². The van der Waals surface area contributed by atoms with E-state index in [0.29, 0.717) is 6.04 Å². The fourth-order valence-electron chi connectivity index (χ4n) is 2.58. The van der Waals surface area contributed by atoms with Crippen LogP contribution in [0.1, 0.15) is 12.8 Å². The lowest BCUT2D eigenvalue weighted by molar-refractivity contribution is 0.598. The molecule has 1 unspecified atom stereocenters. The summed E-state index contributed by atoms with van der Waals surface area (Å²) in [7, 11) is 3.98. The number of aromatic nitrogens is 4. The summed E-state index contributed by atoms with van der Waals surface area (Å²) in [5.41, 5.74) is 0.881. The Labute approximate surface area is 106 Å². The molecule has 1 aliphatic rings. The van der Waals surface area contributed by atoms with Crippen LogP contribution in [0.15, 0.2) is 12.5 Å². The van der Waals surface area contributed by atoms with Crippen LogP contribution in [0.5, 0.6) is 0 Å². The maximum atomic E-state index is 4.40. The zero-order valence-electron chi connectivity index (χ0n) is 10.8. The predicted molar refractivity (Wildman–Crippen MR) is 70.6 cm³/mol. The average molecular weight is 246 g/mol. The number of fused-ring (bicyclic) bond motifs is 1. The highest BCUT2D eigenvalue weighted by atomic mass is 15.3. The maximum Gasteiger partial charge on any atom is 0.163 e. The first-order valence-corrected chi connectivity index (χ1v) is 6.33. The van der Waals surface area contributed by atoms with E-state index in [2.05, 4.69) is 32.3 Å². The third kappa shape index (κ3) is 1.92. The van der Waals surface area contributed by atoms with E-state index in [1.54, 1.807) is 11.0 Å². The normalized spacial score (nSPS) is 19.6. The molecule has 0 spiro atoms. The average Bonchev–Trinajstić information content (AvgIpc) is 3.00. The second kappa shape index (κ2) is 4.53. The van der Waals surface area contributed by atoms with Crippen molar-refractivity contribution in [3.05, 3.63) is 12.5 Å². The van der Waals surface area contributed by atoms with Crippen molar-refractivity contribution in [1.29, 1.82) is 0 Å². The molecule has 1 atom stereocenters. The fraction of sp³-hybridized carbons (Fsp3) is 0.583. The standard InChI is InChI=1S/C12H18N6/c1-17(7-9-4-3-5-13-9)11-10-6-16-18(2)12(10)15-8-14-11/h6,8-9,13H,3-5,7H2,1-2H3. The molecule has 0 bridgehead atoms. The van der Waals surface area contributed by atoms with Gasteiger partial charge in [0.2, 0.25) is 0 Å². The number of likely N-dealkylation sites (N-methyl/N-ethyl adjacent to an activating group) is 1. The summed E-state index contributed by atoms with van der Waals surface area (Å²) in [6.45, 7) is 2.10. The number of hydrogen-bond acceptors (Lipinski definition) is 5. The van der Waals surface area contributed by atoms with Crippen molar-refractivity contribution in [2.45, 2.75) is 18.9 Å². The van der Waals surface area contributed by atoms with Crippen molar-refractivity contribution >= 4 is 16.9 Å². The van der Waals surface area contributed by atoms with Gasteiger partial charge in [-0.2, -0.15) is 5.10 Å². The summed E-state index contributed by atoms with van der Waals surface area (Å²) in [4.78, 5) is 10.8. The number of hydrogen-bond donors (Lipinski definition) is 1. The molecule has 18 heavy (non-hydrogen) atoms. The summed E-state index contributed by atoms with van der Waals surface area (Å²) in [6.07, 6.45) is 5.96. The van der Waals surface area contributed by atoms with Crippen molar-refractivity contribution in [3.63, 3.8) is 0 Å². The molecule has 0 aliphatic carbocycles. The van der Waals surface area contributed by atoms with E-state index >= 15 is 0 Å². The zero-order chi connectivity index (χ0) is 12.5. The van der Waals surface area contributed by atoms with Gasteiger partial charge >= 0.3 is 0 Å². The molecule has 6 nitrogen and oxygen atoms in total. The Bertz CT molecular complexity index is 542. The molecule has 0 radical (unpaired) electrons. The molecule has 96 valence electrons. The van der Waals surface area contributed by atoms with Crippen molar-refractivity contribution in [3.8, 4) is 0 Å². The minimum atomic E-state index is 0.566. The van der Waals surface area contributed by atoms with Gasteiger partial charge in [0.1, 0.15) is 12.1 Å². The Hall–Kier alpha value is -1.69. The molecule has 2 aromatic heterocycles. The van der Waals surface area contributed by atoms with Crippen LogP contribution in [0, 0.1) is 0 Å². The Morgan fingerprint density at radius 3 is 3.17 bits per heavy atom. The Morgan fingerprint density at radius 1 is 1.50 bits per heavy atom. The number of nitrogens with zero attached hydrogens (tertiary/aromatic N) is 5. The minimum Gasteiger partial charge on any atom is -0.357 e. The van der Waals surface area contributed by atoms with Crippen LogP contribution in [0.25, 0.3) is 11.0 Å². The molecule has 1 fully saturated rings. The molecular formula is C12H18N6. The summed E-state index contributed by atoms with van der Waals surface area (Å²) >= 11 is 0. The molecule has 1 saturated heterocycles. The molecule has 3 rings (SSSR count). The van der Waals surface area contributed by atoms with E-state index < -0.39 is 0 Å². The van der Waals surface area contributed by atoms with Crippen molar-refractivity contribution < 1.29 is 0 Å². The molecule has 0 saturated carbocycles. The van der Waals surface area contributed by atoms with Crippen molar-refractivity contribution in [2.75, 3.05) is 25.0 Å². The lowest BCUT2D eigenvalue weighted by Crippen LogP contribution is -2.35. The number of anilines is 1. The van der Waals surface area contributed by atoms with Crippen LogP contribution in [-0.2, 0) is 7.05 Å². The lowest BCUT2D eigenvalue weighted by Gasteiger charge is -2.22. The van der Waals surface area contributed by atoms with Gasteiger partial charge in [-0.05, 0) is 19.4 Å². The van der Waals surface area contributed by atoms with Crippen LogP contribution >= 0.6 is 0 Å². The topological polar surface area (TPSA) is 58.9 Å². The van der Waals surface area contributed by atoms with E-state index in [9.17, 15) is 0 Å². The molecule has 6 heteroatoms. The van der Waals surface area contributed by atoms with Gasteiger partial charge in [-0.25, -0.2) is 9.97 Å². The summed E-state index contributed by atoms with van der Waals surface area (Å²) < 4.78 is 1.78. The van der Waals surface area contributed by atoms with E-state index in [1.807, 2.05) is 13.2 Å². The molecule has 3 heterocycles. The molecule has 1 aliphatic heterocycles. The monoisotopic (exact) mass is 246 g/mol. The molecule has 0 aromatic carbocycles. The quantitative estimate of drug-likeness (QED) is 0.857. The van der Waals surface area contributed by atoms with Gasteiger partial charge in [0.05, 0.1) is 11.6 Å². The Kier molecular flexibility index (Phi) is 2.87. The highest BCUT2D eigenvalue weighted by Crippen LogP contribution is 2.21. The van der Waals surface area contributed by atoms with Crippen LogP contribution in [0.2, 0.25) is 0 Å². The first-order valence-electron chi connectivity index (χ1n) is 6.33. The van der Waals surface area contributed by atoms with E-state index in [-0.39, 0.29) is 0 Å². The fourth-order valence-corrected chi connectivity index (χ4v) is 2.58. The summed E-state index contributed by atoms with van der Waals surface area (Å²) in [5.74, 6) is 0.960. The van der Waals surface area contributed by atoms with Gasteiger partial charge in [0.25, 0.3) is 0 Å². The Morgan fingerprint density at radius 2 is 2.39 bits per heavy atom. The second-order valence-corrected chi connectivity index (χ2v) is 4.88. The first kappa shape index (κ1) is 11.4. The van der Waals surface area contributed by atoms with Gasteiger partial charge < -0.3 is 10.2 Å². The minimum absolute atomic E-state index is 0.566. The van der Waals surface area contributed by atoms with E-state index in [4.69, 9.17) is 0 Å². The van der Waals surface area contributed by atoms with E-state index in [1.165, 1.54) is 12.8 Å². The molecule has 1 N–H and O–H groups in total. The van der Waals surface area contributed by atoms with Gasteiger partial charge in [-0.15, -0.1) is 0 Å². The molecule has 2 aromatic rings. The lowest BCUT2D eigenvalue weighted by atomic mass is 10.2. The SMILES string of the molecule is CN(CC1CCCN1)c1ncnc2c1cnn2C. The number of rotatable bonds is 3. The third-order valence-corrected chi connectivity index (χ3v) is 3.53. The smallest absolute Gasteiger partial charge is 0.163 e. The second-order valence-electron chi connectivity index (χ2n) is 4.88. The molecular weight excluding hydrogens is 228 g/mol. The van der Waals surface area contributed by atoms with Crippen LogP contribution in [-0.4, -0.2) is 45.9 Å². The third-order valence-electron chi connectivity index (χ3n) is 3.53. The van der Waals surface area contributed by atoms with Gasteiger partial charge in [0, 0.05) is 26.7 Å². The largest absolute Gasteiger partial charge is 0.357 e. The number of nitrogens with one attached hydrogen (secondary N) is 1. The molecule has 0 amide bonds. The predicted octanol–water partition coefficient (Wildman–Crippen LogP) is 0.551. The van der Waals surface area contributed by atoms with Crippen molar-refractivity contribution in [1.82, 2.24) is 25.1 Å². The summed E-state index contributed by atoms with van der Waals surface area (Å²) in [5, 5.41) is 8.76. The highest BCUT2D eigenvalue weighted by molar-refractivity contribution is 5.86. The highest BCUT2D eigenvalue weighted by Gasteiger charge is 2.18. The van der Waals surface area contributed by atoms with Crippen LogP contribution < -0.4 is 10.2 Å². The van der Waals surface area contributed by atoms with Gasteiger partial charge in [0.15, 0.2) is 5.65 Å². The van der Waals surface area contributed by atoms with Crippen LogP contribution in [0.4, 0.5) is 5.82 Å². The van der Waals surface area contributed by atoms with E-state index in [0.717, 1.165) is 29.9 Å². The first-order chi connectivity index (χ1) is 8.75. The number of aryl methyl sites for hydroxylation is 1. The Balaban J connectivity index is 1.88. The van der Waals surface area contributed by atoms with Crippen molar-refractivity contribution in [2.24, 2.45) is 7.05 Å². The summed E-state index contributed by atoms with van der Waals surface area (Å²) in [6, 6.07) is 0.566.